The van der Waals surface area contributed by atoms with Crippen LogP contribution in [0.2, 0.25) is 0 Å². The lowest BCUT2D eigenvalue weighted by molar-refractivity contribution is -0.862. The van der Waals surface area contributed by atoms with Crippen LogP contribution >= 0.6 is 0 Å². The molecule has 6 atom stereocenters. The van der Waals surface area contributed by atoms with Gasteiger partial charge in [0.2, 0.25) is 5.78 Å². The molecule has 4 aliphatic rings. The van der Waals surface area contributed by atoms with Crippen LogP contribution in [0.1, 0.15) is 52.4 Å². The highest BCUT2D eigenvalue weighted by Gasteiger charge is 2.66. The van der Waals surface area contributed by atoms with Crippen molar-refractivity contribution < 1.29 is 28.7 Å². The van der Waals surface area contributed by atoms with Crippen LogP contribution in [0.25, 0.3) is 0 Å². The number of quaternary nitrogens is 1. The van der Waals surface area contributed by atoms with Crippen LogP contribution in [0, 0.1) is 28.6 Å². The molecule has 6 nitrogen and oxygen atoms in total. The van der Waals surface area contributed by atoms with Crippen LogP contribution in [-0.4, -0.2) is 67.0 Å². The number of carbonyl (C=O) groups is 3. The SMILES string of the molecule is C[C@@]12C=CC(=O)C=C1CC[C@H]1[C@@H]2CC[C@]2(C)[C@H]1CC[C@]2(O)C(=O)COC(=O)C[N+](C)(C)C. The second kappa shape index (κ2) is 7.63. The fourth-order valence-electron chi connectivity index (χ4n) is 7.37. The molecule has 0 heterocycles. The van der Waals surface area contributed by atoms with E-state index in [0.717, 1.165) is 32.1 Å². The van der Waals surface area contributed by atoms with Gasteiger partial charge in [0.1, 0.15) is 5.60 Å². The van der Waals surface area contributed by atoms with Crippen molar-refractivity contribution in [2.45, 2.75) is 58.0 Å². The monoisotopic (exact) mass is 444 g/mol. The van der Waals surface area contributed by atoms with E-state index in [1.165, 1.54) is 5.57 Å². The Kier molecular flexibility index (Phi) is 5.57. The average Bonchev–Trinajstić information content (AvgIpc) is 2.97. The van der Waals surface area contributed by atoms with Gasteiger partial charge in [-0.2, -0.15) is 0 Å². The maximum absolute atomic E-state index is 13.2. The van der Waals surface area contributed by atoms with E-state index in [9.17, 15) is 19.5 Å². The van der Waals surface area contributed by atoms with Gasteiger partial charge in [-0.15, -0.1) is 0 Å². The lowest BCUT2D eigenvalue weighted by Crippen LogP contribution is -2.58. The maximum Gasteiger partial charge on any atom is 0.362 e. The van der Waals surface area contributed by atoms with Gasteiger partial charge in [0, 0.05) is 10.8 Å². The van der Waals surface area contributed by atoms with E-state index in [-0.39, 0.29) is 36.1 Å². The minimum absolute atomic E-state index is 0.0808. The molecule has 0 aromatic heterocycles. The number of ketones is 2. The zero-order valence-corrected chi connectivity index (χ0v) is 20.1. The number of carbonyl (C=O) groups excluding carboxylic acids is 3. The van der Waals surface area contributed by atoms with Gasteiger partial charge in [0.05, 0.1) is 21.1 Å². The van der Waals surface area contributed by atoms with E-state index < -0.39 is 17.0 Å². The fraction of sp³-hybridized carbons (Fsp3) is 0.731. The van der Waals surface area contributed by atoms with E-state index >= 15 is 0 Å². The molecule has 0 amide bonds. The molecule has 3 saturated carbocycles. The van der Waals surface area contributed by atoms with Gasteiger partial charge in [-0.3, -0.25) is 9.59 Å². The number of nitrogens with zero attached hydrogens (tertiary/aromatic N) is 1. The summed E-state index contributed by atoms with van der Waals surface area (Å²) in [5.74, 6) is 0.386. The third-order valence-electron chi connectivity index (χ3n) is 9.14. The van der Waals surface area contributed by atoms with Gasteiger partial charge in [-0.1, -0.05) is 25.5 Å². The van der Waals surface area contributed by atoms with E-state index in [2.05, 4.69) is 19.9 Å². The first-order valence-corrected chi connectivity index (χ1v) is 12.0. The second-order valence-corrected chi connectivity index (χ2v) is 12.0. The number of allylic oxidation sites excluding steroid dienone is 4. The third kappa shape index (κ3) is 3.60. The molecule has 4 rings (SSSR count). The first kappa shape index (κ1) is 23.4. The van der Waals surface area contributed by atoms with E-state index in [1.54, 1.807) is 6.08 Å². The summed E-state index contributed by atoms with van der Waals surface area (Å²) in [6.07, 6.45) is 10.4. The predicted molar refractivity (Wildman–Crippen MR) is 120 cm³/mol. The number of hydrogen-bond acceptors (Lipinski definition) is 5. The van der Waals surface area contributed by atoms with Crippen molar-refractivity contribution in [1.29, 1.82) is 0 Å². The number of hydrogen-bond donors (Lipinski definition) is 1. The Labute approximate surface area is 191 Å². The third-order valence-corrected chi connectivity index (χ3v) is 9.14. The second-order valence-electron chi connectivity index (χ2n) is 12.0. The Balaban J connectivity index is 1.51. The molecule has 176 valence electrons. The Morgan fingerprint density at radius 1 is 1.12 bits per heavy atom. The van der Waals surface area contributed by atoms with Crippen LogP contribution in [0.15, 0.2) is 23.8 Å². The molecule has 32 heavy (non-hydrogen) atoms. The quantitative estimate of drug-likeness (QED) is 0.521. The van der Waals surface area contributed by atoms with Crippen LogP contribution in [0.3, 0.4) is 0 Å². The summed E-state index contributed by atoms with van der Waals surface area (Å²) in [6.45, 7) is 4.14. The normalized spacial score (nSPS) is 40.8. The molecule has 0 aliphatic heterocycles. The highest BCUT2D eigenvalue weighted by molar-refractivity contribution is 6.01. The molecule has 0 aromatic rings. The summed E-state index contributed by atoms with van der Waals surface area (Å²) in [7, 11) is 5.67. The molecule has 0 spiro atoms. The lowest BCUT2D eigenvalue weighted by Gasteiger charge is -2.57. The van der Waals surface area contributed by atoms with Crippen molar-refractivity contribution in [3.63, 3.8) is 0 Å². The number of Topliss-reactive ketones (excluding diaryl/α,β-unsaturated/α-hetero) is 1. The molecule has 1 N–H and O–H groups in total. The van der Waals surface area contributed by atoms with Gasteiger partial charge >= 0.3 is 5.97 Å². The summed E-state index contributed by atoms with van der Waals surface area (Å²) in [5, 5.41) is 11.7. The molecule has 4 aliphatic carbocycles. The zero-order chi connectivity index (χ0) is 23.5. The van der Waals surface area contributed by atoms with E-state index in [4.69, 9.17) is 4.74 Å². The first-order valence-electron chi connectivity index (χ1n) is 12.0. The molecule has 0 radical (unpaired) electrons. The molecule has 0 unspecified atom stereocenters. The molecule has 0 aromatic carbocycles. The number of ether oxygens (including phenoxy) is 1. The number of aliphatic hydroxyl groups is 1. The Morgan fingerprint density at radius 2 is 1.81 bits per heavy atom. The summed E-state index contributed by atoms with van der Waals surface area (Å²) >= 11 is 0. The Bertz CT molecular complexity index is 898. The molecular weight excluding hydrogens is 406 g/mol. The van der Waals surface area contributed by atoms with Crippen molar-refractivity contribution in [2.24, 2.45) is 28.6 Å². The average molecular weight is 445 g/mol. The minimum Gasteiger partial charge on any atom is -0.453 e. The summed E-state index contributed by atoms with van der Waals surface area (Å²) in [5.41, 5.74) is -0.828. The summed E-state index contributed by atoms with van der Waals surface area (Å²) in [4.78, 5) is 37.2. The predicted octanol–water partition coefficient (Wildman–Crippen LogP) is 2.84. The van der Waals surface area contributed by atoms with Gasteiger partial charge in [0.15, 0.2) is 18.9 Å². The number of fused-ring (bicyclic) bond motifs is 5. The van der Waals surface area contributed by atoms with Crippen LogP contribution in [0.4, 0.5) is 0 Å². The van der Waals surface area contributed by atoms with Crippen LogP contribution < -0.4 is 0 Å². The lowest BCUT2D eigenvalue weighted by atomic mass is 9.47. The number of rotatable bonds is 5. The molecule has 3 fully saturated rings. The highest BCUT2D eigenvalue weighted by atomic mass is 16.5. The molecule has 0 saturated heterocycles. The molecule has 6 heteroatoms. The molecular formula is C26H38NO5+. The van der Waals surface area contributed by atoms with Gasteiger partial charge in [0.25, 0.3) is 0 Å². The van der Waals surface area contributed by atoms with Crippen LogP contribution in [-0.2, 0) is 19.1 Å². The highest BCUT2D eigenvalue weighted by Crippen LogP contribution is 2.67. The van der Waals surface area contributed by atoms with Crippen molar-refractivity contribution in [2.75, 3.05) is 34.3 Å². The van der Waals surface area contributed by atoms with Gasteiger partial charge in [-0.25, -0.2) is 4.79 Å². The first-order chi connectivity index (χ1) is 14.8. The molecule has 0 bridgehead atoms. The largest absolute Gasteiger partial charge is 0.453 e. The zero-order valence-electron chi connectivity index (χ0n) is 20.1. The summed E-state index contributed by atoms with van der Waals surface area (Å²) < 4.78 is 5.70. The van der Waals surface area contributed by atoms with Crippen molar-refractivity contribution in [3.8, 4) is 0 Å². The Hall–Kier alpha value is -1.79. The van der Waals surface area contributed by atoms with Crippen molar-refractivity contribution in [1.82, 2.24) is 0 Å². The standard InChI is InChI=1S/C26H38NO5/c1-24-11-8-18(28)14-17(24)6-7-19-20(24)9-12-25(2)21(19)10-13-26(25,31)22(29)16-32-23(30)15-27(3,4)5/h8,11,14,19-21,31H,6-7,9-10,12-13,15-16H2,1-5H3/q+1/t19-,20-,21-,24+,25+,26-/m0/s1. The van der Waals surface area contributed by atoms with Crippen molar-refractivity contribution >= 4 is 17.5 Å². The van der Waals surface area contributed by atoms with Gasteiger partial charge < -0.3 is 14.3 Å². The maximum atomic E-state index is 13.2. The van der Waals surface area contributed by atoms with Crippen LogP contribution in [0.5, 0.6) is 0 Å². The Morgan fingerprint density at radius 3 is 2.50 bits per heavy atom. The van der Waals surface area contributed by atoms with E-state index in [1.807, 2.05) is 27.2 Å². The van der Waals surface area contributed by atoms with E-state index in [0.29, 0.717) is 22.7 Å². The topological polar surface area (TPSA) is 80.7 Å². The number of esters is 1. The van der Waals surface area contributed by atoms with Gasteiger partial charge in [-0.05, 0) is 68.4 Å². The number of likely N-dealkylation sites (N-methyl/N-ethyl adjacent to an activating group) is 1. The smallest absolute Gasteiger partial charge is 0.362 e. The summed E-state index contributed by atoms with van der Waals surface area (Å²) in [6, 6.07) is 0. The fourth-order valence-corrected chi connectivity index (χ4v) is 7.37. The minimum atomic E-state index is -1.45. The van der Waals surface area contributed by atoms with Crippen molar-refractivity contribution in [3.05, 3.63) is 23.8 Å².